The van der Waals surface area contributed by atoms with Gasteiger partial charge in [-0.15, -0.1) is 12.4 Å². The van der Waals surface area contributed by atoms with Crippen LogP contribution in [0, 0.1) is 0 Å². The molecule has 1 aliphatic heterocycles. The van der Waals surface area contributed by atoms with Crippen molar-refractivity contribution in [1.29, 1.82) is 0 Å². The number of piperidine rings is 1. The number of carbonyl (C=O) groups excluding carboxylic acids is 2. The summed E-state index contributed by atoms with van der Waals surface area (Å²) in [5.41, 5.74) is 5.58. The van der Waals surface area contributed by atoms with Crippen molar-refractivity contribution in [1.82, 2.24) is 10.2 Å². The van der Waals surface area contributed by atoms with E-state index in [2.05, 4.69) is 5.32 Å². The molecule has 0 aromatic carbocycles. The highest BCUT2D eigenvalue weighted by molar-refractivity contribution is 5.91. The maximum absolute atomic E-state index is 12.5. The van der Waals surface area contributed by atoms with Crippen molar-refractivity contribution in [3.05, 3.63) is 24.2 Å². The molecule has 0 radical (unpaired) electrons. The molecule has 1 aromatic heterocycles. The summed E-state index contributed by atoms with van der Waals surface area (Å²) in [7, 11) is 0. The Morgan fingerprint density at radius 1 is 1.21 bits per heavy atom. The summed E-state index contributed by atoms with van der Waals surface area (Å²) in [5.74, 6) is 0.269. The number of amides is 2. The van der Waals surface area contributed by atoms with Gasteiger partial charge in [-0.25, -0.2) is 0 Å². The van der Waals surface area contributed by atoms with E-state index in [-0.39, 0.29) is 30.3 Å². The summed E-state index contributed by atoms with van der Waals surface area (Å²) in [6, 6.07) is 3.49. The molecule has 0 atom stereocenters. The van der Waals surface area contributed by atoms with E-state index >= 15 is 0 Å². The second kappa shape index (κ2) is 8.03. The minimum absolute atomic E-state index is 0. The molecule has 3 rings (SSSR count). The monoisotopic (exact) mass is 355 g/mol. The normalized spacial score (nSPS) is 21.0. The van der Waals surface area contributed by atoms with Crippen LogP contribution in [-0.4, -0.2) is 41.4 Å². The van der Waals surface area contributed by atoms with E-state index in [0.717, 1.165) is 38.5 Å². The molecule has 7 heteroatoms. The predicted octanol–water partition coefficient (Wildman–Crippen LogP) is 2.08. The van der Waals surface area contributed by atoms with Crippen molar-refractivity contribution in [2.24, 2.45) is 5.73 Å². The van der Waals surface area contributed by atoms with Gasteiger partial charge in [-0.05, 0) is 37.8 Å². The number of hydrogen-bond donors (Lipinski definition) is 2. The summed E-state index contributed by atoms with van der Waals surface area (Å²) in [4.78, 5) is 26.4. The van der Waals surface area contributed by atoms with Gasteiger partial charge in [0.2, 0.25) is 5.91 Å². The van der Waals surface area contributed by atoms with Gasteiger partial charge >= 0.3 is 0 Å². The summed E-state index contributed by atoms with van der Waals surface area (Å²) < 4.78 is 5.15. The number of nitrogens with zero attached hydrogens (tertiary/aromatic N) is 1. The zero-order chi connectivity index (χ0) is 16.3. The molecule has 6 nitrogen and oxygen atoms in total. The first-order chi connectivity index (χ1) is 11.1. The van der Waals surface area contributed by atoms with E-state index in [9.17, 15) is 9.59 Å². The summed E-state index contributed by atoms with van der Waals surface area (Å²) in [6.45, 7) is 1.25. The smallest absolute Gasteiger partial charge is 0.289 e. The Kier molecular flexibility index (Phi) is 6.29. The quantitative estimate of drug-likeness (QED) is 0.868. The fraction of sp³-hybridized carbons (Fsp3) is 0.647. The van der Waals surface area contributed by atoms with Gasteiger partial charge in [0.15, 0.2) is 5.76 Å². The van der Waals surface area contributed by atoms with Crippen molar-refractivity contribution >= 4 is 24.2 Å². The van der Waals surface area contributed by atoms with Crippen molar-refractivity contribution in [3.8, 4) is 0 Å². The van der Waals surface area contributed by atoms with Gasteiger partial charge in [-0.1, -0.05) is 19.3 Å². The standard InChI is InChI=1S/C17H25N3O3.ClH/c18-17(8-2-1-3-9-17)16(22)19-13-6-10-20(11-7-13)15(21)14-5-4-12-23-14;/h4-5,12-13H,1-3,6-11,18H2,(H,19,22);1H. The SMILES string of the molecule is Cl.NC1(C(=O)NC2CCN(C(=O)c3ccco3)CC2)CCCCC1. The Morgan fingerprint density at radius 3 is 2.46 bits per heavy atom. The minimum atomic E-state index is -0.695. The molecule has 1 aromatic rings. The lowest BCUT2D eigenvalue weighted by atomic mass is 9.81. The number of carbonyl (C=O) groups is 2. The lowest BCUT2D eigenvalue weighted by molar-refractivity contribution is -0.128. The molecule has 2 fully saturated rings. The molecule has 2 heterocycles. The highest BCUT2D eigenvalue weighted by Gasteiger charge is 2.37. The number of likely N-dealkylation sites (tertiary alicyclic amines) is 1. The molecule has 134 valence electrons. The van der Waals surface area contributed by atoms with Crippen molar-refractivity contribution in [2.75, 3.05) is 13.1 Å². The molecule has 0 bridgehead atoms. The molecule has 24 heavy (non-hydrogen) atoms. The van der Waals surface area contributed by atoms with Crippen LogP contribution in [-0.2, 0) is 4.79 Å². The lowest BCUT2D eigenvalue weighted by Crippen LogP contribution is -2.58. The molecule has 1 saturated heterocycles. The maximum atomic E-state index is 12.5. The van der Waals surface area contributed by atoms with Gasteiger partial charge in [0.05, 0.1) is 11.8 Å². The van der Waals surface area contributed by atoms with Gasteiger partial charge in [0.25, 0.3) is 5.91 Å². The van der Waals surface area contributed by atoms with Crippen LogP contribution in [0.2, 0.25) is 0 Å². The predicted molar refractivity (Wildman–Crippen MR) is 93.0 cm³/mol. The molecule has 2 aliphatic rings. The zero-order valence-electron chi connectivity index (χ0n) is 13.8. The van der Waals surface area contributed by atoms with Gasteiger partial charge < -0.3 is 20.4 Å². The van der Waals surface area contributed by atoms with Crippen LogP contribution in [0.4, 0.5) is 0 Å². The maximum Gasteiger partial charge on any atom is 0.289 e. The van der Waals surface area contributed by atoms with E-state index < -0.39 is 5.54 Å². The first-order valence-corrected chi connectivity index (χ1v) is 8.51. The Hall–Kier alpha value is -1.53. The van der Waals surface area contributed by atoms with Crippen LogP contribution in [0.1, 0.15) is 55.5 Å². The molecule has 1 aliphatic carbocycles. The van der Waals surface area contributed by atoms with Crippen LogP contribution >= 0.6 is 12.4 Å². The summed E-state index contributed by atoms with van der Waals surface area (Å²) >= 11 is 0. The zero-order valence-corrected chi connectivity index (χ0v) is 14.6. The molecular weight excluding hydrogens is 330 g/mol. The number of nitrogens with two attached hydrogens (primary N) is 1. The van der Waals surface area contributed by atoms with Crippen LogP contribution < -0.4 is 11.1 Å². The third kappa shape index (κ3) is 4.11. The summed E-state index contributed by atoms with van der Waals surface area (Å²) in [5, 5.41) is 3.10. The third-order valence-electron chi connectivity index (χ3n) is 5.05. The second-order valence-electron chi connectivity index (χ2n) is 6.73. The van der Waals surface area contributed by atoms with Crippen LogP contribution in [0.25, 0.3) is 0 Å². The van der Waals surface area contributed by atoms with Gasteiger partial charge in [-0.3, -0.25) is 9.59 Å². The average molecular weight is 356 g/mol. The highest BCUT2D eigenvalue weighted by atomic mass is 35.5. The molecule has 3 N–H and O–H groups in total. The van der Waals surface area contributed by atoms with E-state index in [4.69, 9.17) is 10.2 Å². The number of rotatable bonds is 3. The number of nitrogens with one attached hydrogen (secondary N) is 1. The molecule has 1 saturated carbocycles. The van der Waals surface area contributed by atoms with Crippen molar-refractivity contribution < 1.29 is 14.0 Å². The van der Waals surface area contributed by atoms with E-state index in [1.165, 1.54) is 12.7 Å². The molecule has 2 amide bonds. The Labute approximate surface area is 148 Å². The fourth-order valence-electron chi connectivity index (χ4n) is 3.52. The van der Waals surface area contributed by atoms with E-state index in [1.807, 2.05) is 0 Å². The van der Waals surface area contributed by atoms with Gasteiger partial charge in [0.1, 0.15) is 0 Å². The van der Waals surface area contributed by atoms with E-state index in [0.29, 0.717) is 18.8 Å². The number of halogens is 1. The highest BCUT2D eigenvalue weighted by Crippen LogP contribution is 2.26. The number of furan rings is 1. The number of hydrogen-bond acceptors (Lipinski definition) is 4. The van der Waals surface area contributed by atoms with Crippen LogP contribution in [0.5, 0.6) is 0 Å². The largest absolute Gasteiger partial charge is 0.459 e. The van der Waals surface area contributed by atoms with Gasteiger partial charge in [0, 0.05) is 19.1 Å². The van der Waals surface area contributed by atoms with Gasteiger partial charge in [-0.2, -0.15) is 0 Å². The fourth-order valence-corrected chi connectivity index (χ4v) is 3.52. The second-order valence-corrected chi connectivity index (χ2v) is 6.73. The third-order valence-corrected chi connectivity index (χ3v) is 5.05. The van der Waals surface area contributed by atoms with Crippen molar-refractivity contribution in [2.45, 2.75) is 56.5 Å². The molecular formula is C17H26ClN3O3. The topological polar surface area (TPSA) is 88.6 Å². The van der Waals surface area contributed by atoms with Crippen LogP contribution in [0.3, 0.4) is 0 Å². The molecule has 0 spiro atoms. The lowest BCUT2D eigenvalue weighted by Gasteiger charge is -2.36. The van der Waals surface area contributed by atoms with Crippen molar-refractivity contribution in [3.63, 3.8) is 0 Å². The van der Waals surface area contributed by atoms with E-state index in [1.54, 1.807) is 17.0 Å². The first-order valence-electron chi connectivity index (χ1n) is 8.51. The Bertz CT molecular complexity index is 547. The minimum Gasteiger partial charge on any atom is -0.459 e. The average Bonchev–Trinajstić information content (AvgIpc) is 3.10. The Balaban J connectivity index is 0.00000208. The molecule has 0 unspecified atom stereocenters. The van der Waals surface area contributed by atoms with Crippen LogP contribution in [0.15, 0.2) is 22.8 Å². The summed E-state index contributed by atoms with van der Waals surface area (Å²) in [6.07, 6.45) is 7.79. The Morgan fingerprint density at radius 2 is 1.88 bits per heavy atom. The first kappa shape index (κ1) is 18.8.